The first-order valence-electron chi connectivity index (χ1n) is 11.9. The summed E-state index contributed by atoms with van der Waals surface area (Å²) in [7, 11) is 0. The van der Waals surface area contributed by atoms with Gasteiger partial charge in [-0.15, -0.1) is 0 Å². The van der Waals surface area contributed by atoms with Gasteiger partial charge in [-0.25, -0.2) is 4.98 Å². The Labute approximate surface area is 205 Å². The van der Waals surface area contributed by atoms with E-state index >= 15 is 0 Å². The van der Waals surface area contributed by atoms with E-state index in [1.165, 1.54) is 16.9 Å². The molecular weight excluding hydrogens is 450 g/mol. The lowest BCUT2D eigenvalue weighted by atomic mass is 10.0. The lowest BCUT2D eigenvalue weighted by molar-refractivity contribution is -0.120. The molecule has 34 heavy (non-hydrogen) atoms. The summed E-state index contributed by atoms with van der Waals surface area (Å²) in [4.78, 5) is 22.1. The molecule has 8 heteroatoms. The predicted octanol–water partition coefficient (Wildman–Crippen LogP) is 4.56. The van der Waals surface area contributed by atoms with E-state index in [1.807, 2.05) is 49.4 Å². The van der Waals surface area contributed by atoms with Crippen molar-refractivity contribution < 1.29 is 19.0 Å². The number of anilines is 1. The number of hydrogen-bond acceptors (Lipinski definition) is 7. The maximum atomic E-state index is 13.3. The molecule has 0 radical (unpaired) electrons. The smallest absolute Gasteiger partial charge is 0.266 e. The maximum Gasteiger partial charge on any atom is 0.266 e. The highest BCUT2D eigenvalue weighted by Gasteiger charge is 2.22. The number of fused-ring (bicyclic) bond motifs is 1. The Morgan fingerprint density at radius 1 is 1.12 bits per heavy atom. The molecule has 0 atom stereocenters. The molecule has 1 saturated heterocycles. The van der Waals surface area contributed by atoms with Crippen molar-refractivity contribution in [2.45, 2.75) is 26.7 Å². The van der Waals surface area contributed by atoms with Crippen LogP contribution in [0.25, 0.3) is 10.2 Å². The van der Waals surface area contributed by atoms with Crippen molar-refractivity contribution in [3.05, 3.63) is 48.0 Å². The molecule has 1 aromatic heterocycles. The number of benzene rings is 2. The zero-order chi connectivity index (χ0) is 23.9. The van der Waals surface area contributed by atoms with Gasteiger partial charge in [-0.1, -0.05) is 37.3 Å². The molecule has 3 aromatic rings. The van der Waals surface area contributed by atoms with Crippen LogP contribution >= 0.6 is 11.3 Å². The van der Waals surface area contributed by atoms with E-state index in [-0.39, 0.29) is 12.5 Å². The van der Waals surface area contributed by atoms with Crippen LogP contribution in [0, 0.1) is 0 Å². The molecule has 1 amide bonds. The third-order valence-electron chi connectivity index (χ3n) is 5.84. The number of rotatable bonds is 10. The van der Waals surface area contributed by atoms with Crippen LogP contribution in [0.4, 0.5) is 5.13 Å². The minimum Gasteiger partial charge on any atom is -0.494 e. The molecule has 182 valence electrons. The number of hydrogen-bond donors (Lipinski definition) is 0. The average molecular weight is 484 g/mol. The summed E-state index contributed by atoms with van der Waals surface area (Å²) in [6.07, 6.45) is 0. The van der Waals surface area contributed by atoms with Gasteiger partial charge >= 0.3 is 0 Å². The van der Waals surface area contributed by atoms with Crippen LogP contribution in [0.1, 0.15) is 32.3 Å². The Bertz CT molecular complexity index is 1080. The first kappa shape index (κ1) is 24.4. The third kappa shape index (κ3) is 6.25. The van der Waals surface area contributed by atoms with Crippen molar-refractivity contribution >= 4 is 32.6 Å². The molecule has 1 fully saturated rings. The van der Waals surface area contributed by atoms with Gasteiger partial charge in [-0.05, 0) is 48.7 Å². The molecule has 1 aliphatic rings. The first-order chi connectivity index (χ1) is 16.5. The van der Waals surface area contributed by atoms with Crippen molar-refractivity contribution in [1.29, 1.82) is 0 Å². The molecule has 0 unspecified atom stereocenters. The Balaban J connectivity index is 1.49. The van der Waals surface area contributed by atoms with E-state index in [2.05, 4.69) is 18.7 Å². The average Bonchev–Trinajstić information content (AvgIpc) is 3.27. The second-order valence-electron chi connectivity index (χ2n) is 8.57. The quantitative estimate of drug-likeness (QED) is 0.421. The number of aromatic nitrogens is 1. The van der Waals surface area contributed by atoms with Gasteiger partial charge in [-0.2, -0.15) is 0 Å². The summed E-state index contributed by atoms with van der Waals surface area (Å²) >= 11 is 1.50. The number of amides is 1. The SMILES string of the molecule is CCOc1ccc2nc(N(CCN3CCOCC3)C(=O)COc3ccc(C(C)C)cc3)sc2c1. The van der Waals surface area contributed by atoms with Gasteiger partial charge in [-0.3, -0.25) is 14.6 Å². The molecule has 7 nitrogen and oxygen atoms in total. The van der Waals surface area contributed by atoms with Gasteiger partial charge in [0.1, 0.15) is 11.5 Å². The first-order valence-corrected chi connectivity index (χ1v) is 12.7. The Morgan fingerprint density at radius 3 is 2.56 bits per heavy atom. The lowest BCUT2D eigenvalue weighted by Gasteiger charge is -2.29. The van der Waals surface area contributed by atoms with E-state index in [0.717, 1.165) is 48.8 Å². The minimum atomic E-state index is -0.106. The van der Waals surface area contributed by atoms with Gasteiger partial charge in [0.05, 0.1) is 30.0 Å². The normalized spacial score (nSPS) is 14.5. The van der Waals surface area contributed by atoms with Crippen LogP contribution in [0.2, 0.25) is 0 Å². The summed E-state index contributed by atoms with van der Waals surface area (Å²) in [5, 5.41) is 0.681. The second kappa shape index (κ2) is 11.6. The van der Waals surface area contributed by atoms with Crippen LogP contribution in [0.15, 0.2) is 42.5 Å². The highest BCUT2D eigenvalue weighted by molar-refractivity contribution is 7.22. The molecule has 0 bridgehead atoms. The molecule has 0 N–H and O–H groups in total. The fourth-order valence-corrected chi connectivity index (χ4v) is 4.87. The van der Waals surface area contributed by atoms with Crippen molar-refractivity contribution in [1.82, 2.24) is 9.88 Å². The lowest BCUT2D eigenvalue weighted by Crippen LogP contribution is -2.44. The number of carbonyl (C=O) groups excluding carboxylic acids is 1. The van der Waals surface area contributed by atoms with E-state index in [9.17, 15) is 4.79 Å². The van der Waals surface area contributed by atoms with Gasteiger partial charge in [0.15, 0.2) is 11.7 Å². The van der Waals surface area contributed by atoms with E-state index in [4.69, 9.17) is 19.2 Å². The van der Waals surface area contributed by atoms with Crippen LogP contribution in [-0.4, -0.2) is 68.4 Å². The topological polar surface area (TPSA) is 64.1 Å². The number of ether oxygens (including phenoxy) is 3. The monoisotopic (exact) mass is 483 g/mol. The standard InChI is InChI=1S/C26H33N3O4S/c1-4-32-22-9-10-23-24(17-22)34-26(27-23)29(12-11-28-13-15-31-16-14-28)25(30)18-33-21-7-5-20(6-8-21)19(2)3/h5-10,17,19H,4,11-16,18H2,1-3H3. The van der Waals surface area contributed by atoms with Crippen LogP contribution in [0.3, 0.4) is 0 Å². The molecule has 1 aliphatic heterocycles. The second-order valence-corrected chi connectivity index (χ2v) is 9.58. The molecule has 2 aromatic carbocycles. The van der Waals surface area contributed by atoms with Crippen molar-refractivity contribution in [2.75, 3.05) is 57.5 Å². The highest BCUT2D eigenvalue weighted by atomic mass is 32.1. The molecule has 0 saturated carbocycles. The molecule has 0 aliphatic carbocycles. The summed E-state index contributed by atoms with van der Waals surface area (Å²) < 4.78 is 17.9. The number of thiazole rings is 1. The van der Waals surface area contributed by atoms with Crippen LogP contribution in [0.5, 0.6) is 11.5 Å². The number of nitrogens with zero attached hydrogens (tertiary/aromatic N) is 3. The Kier molecular flexibility index (Phi) is 8.37. The van der Waals surface area contributed by atoms with Crippen LogP contribution in [-0.2, 0) is 9.53 Å². The number of carbonyl (C=O) groups is 1. The van der Waals surface area contributed by atoms with Gasteiger partial charge < -0.3 is 14.2 Å². The van der Waals surface area contributed by atoms with Gasteiger partial charge in [0.2, 0.25) is 0 Å². The zero-order valence-electron chi connectivity index (χ0n) is 20.2. The number of morpholine rings is 1. The van der Waals surface area contributed by atoms with Crippen molar-refractivity contribution in [2.24, 2.45) is 0 Å². The van der Waals surface area contributed by atoms with E-state index in [1.54, 1.807) is 4.90 Å². The molecule has 2 heterocycles. The third-order valence-corrected chi connectivity index (χ3v) is 6.89. The summed E-state index contributed by atoms with van der Waals surface area (Å²) in [6, 6.07) is 13.8. The summed E-state index contributed by atoms with van der Waals surface area (Å²) in [5.41, 5.74) is 2.10. The minimum absolute atomic E-state index is 0.0374. The van der Waals surface area contributed by atoms with Crippen LogP contribution < -0.4 is 14.4 Å². The maximum absolute atomic E-state index is 13.3. The van der Waals surface area contributed by atoms with Gasteiger partial charge in [0, 0.05) is 26.2 Å². The fourth-order valence-electron chi connectivity index (χ4n) is 3.83. The van der Waals surface area contributed by atoms with Crippen molar-refractivity contribution in [3.8, 4) is 11.5 Å². The highest BCUT2D eigenvalue weighted by Crippen LogP contribution is 2.32. The Hall–Kier alpha value is -2.68. The van der Waals surface area contributed by atoms with E-state index < -0.39 is 0 Å². The van der Waals surface area contributed by atoms with E-state index in [0.29, 0.717) is 30.0 Å². The molecule has 4 rings (SSSR count). The summed E-state index contributed by atoms with van der Waals surface area (Å²) in [5.74, 6) is 1.85. The fraction of sp³-hybridized carbons (Fsp3) is 0.462. The summed E-state index contributed by atoms with van der Waals surface area (Å²) in [6.45, 7) is 11.4. The predicted molar refractivity (Wildman–Crippen MR) is 136 cm³/mol. The molecular formula is C26H33N3O4S. The van der Waals surface area contributed by atoms with Gasteiger partial charge in [0.25, 0.3) is 5.91 Å². The molecule has 0 spiro atoms. The van der Waals surface area contributed by atoms with Crippen molar-refractivity contribution in [3.63, 3.8) is 0 Å². The largest absolute Gasteiger partial charge is 0.494 e. The Morgan fingerprint density at radius 2 is 1.85 bits per heavy atom. The zero-order valence-corrected chi connectivity index (χ0v) is 21.0.